The number of aryl methyl sites for hydroxylation is 1. The quantitative estimate of drug-likeness (QED) is 0.393. The van der Waals surface area contributed by atoms with Crippen molar-refractivity contribution in [1.82, 2.24) is 0 Å². The van der Waals surface area contributed by atoms with Gasteiger partial charge >= 0.3 is 0 Å². The van der Waals surface area contributed by atoms with Gasteiger partial charge in [-0.3, -0.25) is 9.59 Å². The normalized spacial score (nSPS) is 11.9. The number of halogens is 2. The van der Waals surface area contributed by atoms with E-state index in [0.717, 1.165) is 18.6 Å². The molecule has 0 saturated heterocycles. The van der Waals surface area contributed by atoms with Gasteiger partial charge in [0.15, 0.2) is 5.78 Å². The lowest BCUT2D eigenvalue weighted by atomic mass is 9.99. The molecule has 1 rings (SSSR count). The summed E-state index contributed by atoms with van der Waals surface area (Å²) in [7, 11) is 0. The third-order valence-electron chi connectivity index (χ3n) is 3.43. The van der Waals surface area contributed by atoms with E-state index < -0.39 is 23.1 Å². The fourth-order valence-corrected chi connectivity index (χ4v) is 2.19. The third-order valence-corrected chi connectivity index (χ3v) is 3.43. The van der Waals surface area contributed by atoms with Gasteiger partial charge in [0.25, 0.3) is 5.91 Å². The molecule has 1 aromatic carbocycles. The van der Waals surface area contributed by atoms with Crippen LogP contribution in [0, 0.1) is 0 Å². The van der Waals surface area contributed by atoms with Crippen LogP contribution >= 0.6 is 0 Å². The van der Waals surface area contributed by atoms with Gasteiger partial charge in [-0.05, 0) is 44.0 Å². The molecule has 0 aliphatic heterocycles. The van der Waals surface area contributed by atoms with Crippen molar-refractivity contribution in [2.24, 2.45) is 0 Å². The largest absolute Gasteiger partial charge is 0.322 e. The first-order valence-corrected chi connectivity index (χ1v) is 8.51. The van der Waals surface area contributed by atoms with Crippen LogP contribution < -0.4 is 5.32 Å². The Morgan fingerprint density at radius 3 is 2.20 bits per heavy atom. The highest BCUT2D eigenvalue weighted by molar-refractivity contribution is 6.07. The topological polar surface area (TPSA) is 46.2 Å². The number of allylic oxidation sites excluding steroid dienone is 2. The van der Waals surface area contributed by atoms with E-state index in [1.807, 2.05) is 20.8 Å². The van der Waals surface area contributed by atoms with Crippen LogP contribution in [0.4, 0.5) is 14.5 Å². The van der Waals surface area contributed by atoms with Gasteiger partial charge in [0.1, 0.15) is 17.2 Å². The van der Waals surface area contributed by atoms with Gasteiger partial charge in [-0.2, -0.15) is 0 Å². The number of carbonyl (C=O) groups excluding carboxylic acids is 2. The fraction of sp³-hybridized carbons (Fsp3) is 0.400. The van der Waals surface area contributed by atoms with Crippen LogP contribution in [-0.4, -0.2) is 11.7 Å². The smallest absolute Gasteiger partial charge is 0.261 e. The Balaban J connectivity index is 0.00000277. The molecule has 25 heavy (non-hydrogen) atoms. The second-order valence-corrected chi connectivity index (χ2v) is 5.00. The summed E-state index contributed by atoms with van der Waals surface area (Å²) in [4.78, 5) is 23.9. The van der Waals surface area contributed by atoms with Crippen LogP contribution in [-0.2, 0) is 11.2 Å². The van der Waals surface area contributed by atoms with E-state index in [2.05, 4.69) is 5.32 Å². The fourth-order valence-electron chi connectivity index (χ4n) is 2.19. The number of carbonyl (C=O) groups is 2. The Hall–Kier alpha value is -2.30. The Kier molecular flexibility index (Phi) is 10.2. The predicted octanol–water partition coefficient (Wildman–Crippen LogP) is 5.92. The Labute approximate surface area is 148 Å². The average molecular weight is 351 g/mol. The lowest BCUT2D eigenvalue weighted by molar-refractivity contribution is -0.112. The molecule has 0 radical (unpaired) electrons. The lowest BCUT2D eigenvalue weighted by Gasteiger charge is -2.11. The molecule has 3 nitrogen and oxygen atoms in total. The van der Waals surface area contributed by atoms with Crippen LogP contribution in [0.25, 0.3) is 0 Å². The van der Waals surface area contributed by atoms with Gasteiger partial charge in [-0.25, -0.2) is 8.78 Å². The highest BCUT2D eigenvalue weighted by atomic mass is 19.1. The number of rotatable bonds is 6. The molecule has 0 bridgehead atoms. The maximum Gasteiger partial charge on any atom is 0.261 e. The number of Topliss-reactive ketones (excluding diaryl/α,β-unsaturated/α-hetero) is 1. The molecule has 0 aliphatic carbocycles. The highest BCUT2D eigenvalue weighted by Gasteiger charge is 2.19. The van der Waals surface area contributed by atoms with E-state index in [4.69, 9.17) is 0 Å². The third kappa shape index (κ3) is 6.25. The van der Waals surface area contributed by atoms with Crippen LogP contribution in [0.3, 0.4) is 0 Å². The molecule has 1 aromatic rings. The van der Waals surface area contributed by atoms with Crippen LogP contribution in [0.1, 0.15) is 63.9 Å². The van der Waals surface area contributed by atoms with Gasteiger partial charge in [-0.15, -0.1) is 0 Å². The summed E-state index contributed by atoms with van der Waals surface area (Å²) in [6, 6.07) is 4.83. The average Bonchev–Trinajstić information content (AvgIpc) is 2.62. The summed E-state index contributed by atoms with van der Waals surface area (Å²) in [6.07, 6.45) is 2.02. The molecule has 0 heterocycles. The molecule has 0 unspecified atom stereocenters. The Morgan fingerprint density at radius 2 is 1.76 bits per heavy atom. The van der Waals surface area contributed by atoms with Crippen LogP contribution in [0.2, 0.25) is 0 Å². The van der Waals surface area contributed by atoms with Crippen LogP contribution in [0.5, 0.6) is 0 Å². The van der Waals surface area contributed by atoms with Crippen molar-refractivity contribution in [2.75, 3.05) is 5.32 Å². The predicted molar refractivity (Wildman–Crippen MR) is 99.1 cm³/mol. The Bertz CT molecular complexity index is 672. The molecule has 1 N–H and O–H groups in total. The number of ketones is 1. The first-order chi connectivity index (χ1) is 11.8. The molecule has 0 aromatic heterocycles. The zero-order valence-corrected chi connectivity index (χ0v) is 15.8. The molecule has 138 valence electrons. The van der Waals surface area contributed by atoms with Crippen molar-refractivity contribution >= 4 is 17.4 Å². The standard InChI is InChI=1S/C18H21F2NO2.C2H6/c1-5-12-10-13(8-9-14(12)16(22)7-3)21-18(23)17(11(4)19)15(20)6-2;1-2/h6,8-10H,5,7H2,1-4H3,(H,21,23);1-2H3/b15-6+,17-11-;. The molecule has 0 fully saturated rings. The minimum Gasteiger partial charge on any atom is -0.322 e. The number of hydrogen-bond acceptors (Lipinski definition) is 2. The maximum atomic E-state index is 13.6. The zero-order valence-electron chi connectivity index (χ0n) is 15.8. The lowest BCUT2D eigenvalue weighted by Crippen LogP contribution is -2.16. The first kappa shape index (κ1) is 22.7. The van der Waals surface area contributed by atoms with E-state index in [9.17, 15) is 18.4 Å². The van der Waals surface area contributed by atoms with Crippen molar-refractivity contribution in [2.45, 2.75) is 54.4 Å². The summed E-state index contributed by atoms with van der Waals surface area (Å²) >= 11 is 0. The summed E-state index contributed by atoms with van der Waals surface area (Å²) in [5, 5.41) is 2.47. The number of anilines is 1. The maximum absolute atomic E-state index is 13.6. The van der Waals surface area contributed by atoms with E-state index >= 15 is 0 Å². The molecule has 5 heteroatoms. The van der Waals surface area contributed by atoms with Crippen molar-refractivity contribution in [3.8, 4) is 0 Å². The van der Waals surface area contributed by atoms with Gasteiger partial charge in [-0.1, -0.05) is 33.8 Å². The number of benzene rings is 1. The Morgan fingerprint density at radius 1 is 1.16 bits per heavy atom. The molecular weight excluding hydrogens is 324 g/mol. The number of hydrogen-bond donors (Lipinski definition) is 1. The molecule has 0 atom stereocenters. The highest BCUT2D eigenvalue weighted by Crippen LogP contribution is 2.22. The second-order valence-electron chi connectivity index (χ2n) is 5.00. The SMILES string of the molecule is C/C=C(F)\C(C(=O)Nc1ccc(C(=O)CC)c(CC)c1)=C(/C)F.CC. The number of nitrogens with one attached hydrogen (secondary N) is 1. The zero-order chi connectivity index (χ0) is 19.6. The van der Waals surface area contributed by atoms with Crippen molar-refractivity contribution in [3.05, 3.63) is 52.6 Å². The molecule has 0 saturated carbocycles. The van der Waals surface area contributed by atoms with E-state index in [1.165, 1.54) is 6.92 Å². The van der Waals surface area contributed by atoms with E-state index in [1.54, 1.807) is 25.1 Å². The summed E-state index contributed by atoms with van der Waals surface area (Å²) < 4.78 is 27.0. The van der Waals surface area contributed by atoms with E-state index in [0.29, 0.717) is 24.1 Å². The van der Waals surface area contributed by atoms with Gasteiger partial charge in [0.05, 0.1) is 0 Å². The van der Waals surface area contributed by atoms with Crippen LogP contribution in [0.15, 0.2) is 41.5 Å². The summed E-state index contributed by atoms with van der Waals surface area (Å²) in [5.74, 6) is -2.67. The van der Waals surface area contributed by atoms with Gasteiger partial charge in [0, 0.05) is 17.7 Å². The second kappa shape index (κ2) is 11.3. The van der Waals surface area contributed by atoms with Crippen molar-refractivity contribution in [1.29, 1.82) is 0 Å². The van der Waals surface area contributed by atoms with Crippen molar-refractivity contribution < 1.29 is 18.4 Å². The monoisotopic (exact) mass is 351 g/mol. The van der Waals surface area contributed by atoms with Crippen molar-refractivity contribution in [3.63, 3.8) is 0 Å². The molecule has 1 amide bonds. The van der Waals surface area contributed by atoms with Gasteiger partial charge in [0.2, 0.25) is 0 Å². The molecule has 0 spiro atoms. The summed E-state index contributed by atoms with van der Waals surface area (Å²) in [5.41, 5.74) is 1.15. The summed E-state index contributed by atoms with van der Waals surface area (Å²) in [6.45, 7) is 10.1. The number of amides is 1. The molecular formula is C20H27F2NO2. The van der Waals surface area contributed by atoms with E-state index in [-0.39, 0.29) is 5.78 Å². The first-order valence-electron chi connectivity index (χ1n) is 8.51. The minimum absolute atomic E-state index is 0.0138. The molecule has 0 aliphatic rings. The van der Waals surface area contributed by atoms with Gasteiger partial charge < -0.3 is 5.32 Å². The minimum atomic E-state index is -0.920.